The van der Waals surface area contributed by atoms with Gasteiger partial charge in [-0.05, 0) is 41.5 Å². The highest BCUT2D eigenvalue weighted by atomic mass is 16.5. The second-order valence-corrected chi connectivity index (χ2v) is 7.10. The number of nitrogens with zero attached hydrogens (tertiary/aromatic N) is 4. The third-order valence-electron chi connectivity index (χ3n) is 5.22. The lowest BCUT2D eigenvalue weighted by Crippen LogP contribution is -2.23. The number of rotatable bonds is 4. The van der Waals surface area contributed by atoms with Crippen LogP contribution in [-0.2, 0) is 18.4 Å². The lowest BCUT2D eigenvalue weighted by Gasteiger charge is -2.26. The Morgan fingerprint density at radius 1 is 1.17 bits per heavy atom. The summed E-state index contributed by atoms with van der Waals surface area (Å²) in [5.41, 5.74) is 5.28. The number of benzene rings is 2. The van der Waals surface area contributed by atoms with Crippen LogP contribution in [-0.4, -0.2) is 25.9 Å². The number of hydrogen-bond acceptors (Lipinski definition) is 5. The molecular weight excluding hydrogens is 366 g/mol. The predicted molar refractivity (Wildman–Crippen MR) is 109 cm³/mol. The molecule has 5 rings (SSSR count). The number of fused-ring (bicyclic) bond motifs is 3. The van der Waals surface area contributed by atoms with Crippen LogP contribution in [0, 0.1) is 0 Å². The summed E-state index contributed by atoms with van der Waals surface area (Å²) in [5, 5.41) is 11.3. The van der Waals surface area contributed by atoms with Crippen molar-refractivity contribution in [2.45, 2.75) is 18.9 Å². The molecule has 1 aliphatic heterocycles. The molecule has 2 aromatic heterocycles. The van der Waals surface area contributed by atoms with E-state index in [0.717, 1.165) is 33.8 Å². The number of aromatic nitrogens is 4. The Morgan fingerprint density at radius 3 is 2.97 bits per heavy atom. The van der Waals surface area contributed by atoms with Crippen molar-refractivity contribution < 1.29 is 9.53 Å². The summed E-state index contributed by atoms with van der Waals surface area (Å²) in [7, 11) is 1.84. The molecule has 29 heavy (non-hydrogen) atoms. The molecule has 2 aromatic carbocycles. The van der Waals surface area contributed by atoms with E-state index in [-0.39, 0.29) is 11.8 Å². The highest BCUT2D eigenvalue weighted by Crippen LogP contribution is 2.40. The summed E-state index contributed by atoms with van der Waals surface area (Å²) in [6.07, 6.45) is 2.13. The molecule has 0 fully saturated rings. The fourth-order valence-electron chi connectivity index (χ4n) is 3.78. The minimum atomic E-state index is -0.0662. The van der Waals surface area contributed by atoms with Crippen LogP contribution < -0.4 is 10.1 Å². The third-order valence-corrected chi connectivity index (χ3v) is 5.22. The van der Waals surface area contributed by atoms with Gasteiger partial charge in [0, 0.05) is 25.6 Å². The van der Waals surface area contributed by atoms with Gasteiger partial charge in [-0.3, -0.25) is 9.78 Å². The third kappa shape index (κ3) is 3.20. The number of amides is 1. The number of carbonyl (C=O) groups excluding carboxylic acids is 1. The minimum Gasteiger partial charge on any atom is -0.487 e. The Hall–Kier alpha value is -3.74. The van der Waals surface area contributed by atoms with Gasteiger partial charge in [0.15, 0.2) is 0 Å². The van der Waals surface area contributed by atoms with Gasteiger partial charge in [-0.1, -0.05) is 29.5 Å². The standard InChI is InChI=1S/C22H19N5O2/c1-27-19-9-8-17-18(12-20(28)24-21(17)22(19)25-26-27)14-5-4-7-16(11-14)29-13-15-6-2-3-10-23-15/h2-11,18H,12-13H2,1H3,(H,24,28). The molecule has 7 nitrogen and oxygen atoms in total. The van der Waals surface area contributed by atoms with Crippen LogP contribution in [0.2, 0.25) is 0 Å². The molecule has 0 radical (unpaired) electrons. The quantitative estimate of drug-likeness (QED) is 0.582. The zero-order chi connectivity index (χ0) is 19.8. The molecule has 1 aliphatic rings. The van der Waals surface area contributed by atoms with Crippen LogP contribution >= 0.6 is 0 Å². The van der Waals surface area contributed by atoms with Crippen LogP contribution in [0.15, 0.2) is 60.8 Å². The van der Waals surface area contributed by atoms with Gasteiger partial charge in [0.25, 0.3) is 0 Å². The summed E-state index contributed by atoms with van der Waals surface area (Å²) in [6, 6.07) is 17.7. The number of aryl methyl sites for hydroxylation is 1. The Balaban J connectivity index is 1.48. The molecule has 3 heterocycles. The predicted octanol–water partition coefficient (Wildman–Crippen LogP) is 3.42. The van der Waals surface area contributed by atoms with Crippen molar-refractivity contribution in [2.24, 2.45) is 7.05 Å². The summed E-state index contributed by atoms with van der Waals surface area (Å²) in [4.78, 5) is 16.7. The highest BCUT2D eigenvalue weighted by molar-refractivity contribution is 6.03. The lowest BCUT2D eigenvalue weighted by molar-refractivity contribution is -0.116. The van der Waals surface area contributed by atoms with Gasteiger partial charge in [0.2, 0.25) is 5.91 Å². The van der Waals surface area contributed by atoms with E-state index in [1.807, 2.05) is 61.6 Å². The van der Waals surface area contributed by atoms with Crippen molar-refractivity contribution in [2.75, 3.05) is 5.32 Å². The molecule has 1 N–H and O–H groups in total. The zero-order valence-corrected chi connectivity index (χ0v) is 15.9. The van der Waals surface area contributed by atoms with Gasteiger partial charge >= 0.3 is 0 Å². The molecule has 4 aromatic rings. The van der Waals surface area contributed by atoms with Crippen LogP contribution in [0.5, 0.6) is 5.75 Å². The molecule has 0 saturated heterocycles. The molecule has 0 aliphatic carbocycles. The number of nitrogens with one attached hydrogen (secondary N) is 1. The Bertz CT molecular complexity index is 1200. The first-order valence-electron chi connectivity index (χ1n) is 9.44. The van der Waals surface area contributed by atoms with Gasteiger partial charge in [0.1, 0.15) is 17.9 Å². The first kappa shape index (κ1) is 17.4. The van der Waals surface area contributed by atoms with E-state index in [9.17, 15) is 4.79 Å². The average molecular weight is 385 g/mol. The maximum absolute atomic E-state index is 12.5. The monoisotopic (exact) mass is 385 g/mol. The van der Waals surface area contributed by atoms with Crippen molar-refractivity contribution in [3.8, 4) is 5.75 Å². The molecule has 1 atom stereocenters. The topological polar surface area (TPSA) is 81.9 Å². The second kappa shape index (κ2) is 7.01. The molecule has 1 amide bonds. The fraction of sp³-hybridized carbons (Fsp3) is 0.182. The molecule has 0 saturated carbocycles. The number of pyridine rings is 1. The highest BCUT2D eigenvalue weighted by Gasteiger charge is 2.29. The molecule has 1 unspecified atom stereocenters. The van der Waals surface area contributed by atoms with Gasteiger partial charge in [0.05, 0.1) is 16.9 Å². The molecule has 7 heteroatoms. The average Bonchev–Trinajstić information content (AvgIpc) is 3.14. The van der Waals surface area contributed by atoms with E-state index < -0.39 is 0 Å². The van der Waals surface area contributed by atoms with Gasteiger partial charge in [-0.2, -0.15) is 0 Å². The Morgan fingerprint density at radius 2 is 2.10 bits per heavy atom. The largest absolute Gasteiger partial charge is 0.487 e. The first-order chi connectivity index (χ1) is 14.2. The van der Waals surface area contributed by atoms with E-state index in [0.29, 0.717) is 18.5 Å². The number of carbonyl (C=O) groups is 1. The van der Waals surface area contributed by atoms with Crippen LogP contribution in [0.3, 0.4) is 0 Å². The van der Waals surface area contributed by atoms with Crippen LogP contribution in [0.1, 0.15) is 29.2 Å². The Kier molecular flexibility index (Phi) is 4.20. The minimum absolute atomic E-state index is 0.0274. The summed E-state index contributed by atoms with van der Waals surface area (Å²) < 4.78 is 7.63. The van der Waals surface area contributed by atoms with Crippen molar-refractivity contribution in [3.63, 3.8) is 0 Å². The van der Waals surface area contributed by atoms with Crippen molar-refractivity contribution >= 4 is 22.6 Å². The zero-order valence-electron chi connectivity index (χ0n) is 15.9. The maximum atomic E-state index is 12.5. The molecule has 144 valence electrons. The van der Waals surface area contributed by atoms with E-state index >= 15 is 0 Å². The van der Waals surface area contributed by atoms with Gasteiger partial charge in [-0.25, -0.2) is 4.68 Å². The second-order valence-electron chi connectivity index (χ2n) is 7.10. The molecule has 0 bridgehead atoms. The maximum Gasteiger partial charge on any atom is 0.225 e. The number of ether oxygens (including phenoxy) is 1. The normalized spacial score (nSPS) is 15.8. The van der Waals surface area contributed by atoms with E-state index in [1.165, 1.54) is 0 Å². The fourth-order valence-corrected chi connectivity index (χ4v) is 3.78. The van der Waals surface area contributed by atoms with Crippen molar-refractivity contribution in [1.82, 2.24) is 20.0 Å². The first-order valence-corrected chi connectivity index (χ1v) is 9.44. The van der Waals surface area contributed by atoms with Gasteiger partial charge in [-0.15, -0.1) is 5.10 Å². The van der Waals surface area contributed by atoms with Crippen LogP contribution in [0.25, 0.3) is 11.0 Å². The summed E-state index contributed by atoms with van der Waals surface area (Å²) in [5.74, 6) is 0.658. The molecule has 0 spiro atoms. The SMILES string of the molecule is Cn1nnc2c3c(ccc21)C(c1cccc(OCc2ccccn2)c1)CC(=O)N3. The van der Waals surface area contributed by atoms with E-state index in [4.69, 9.17) is 4.74 Å². The Labute approximate surface area is 167 Å². The lowest BCUT2D eigenvalue weighted by atomic mass is 9.84. The number of hydrogen-bond donors (Lipinski definition) is 1. The molecular formula is C22H19N5O2. The van der Waals surface area contributed by atoms with E-state index in [2.05, 4.69) is 20.6 Å². The van der Waals surface area contributed by atoms with Crippen molar-refractivity contribution in [1.29, 1.82) is 0 Å². The summed E-state index contributed by atoms with van der Waals surface area (Å²) in [6.45, 7) is 0.395. The van der Waals surface area contributed by atoms with Gasteiger partial charge < -0.3 is 10.1 Å². The number of anilines is 1. The summed E-state index contributed by atoms with van der Waals surface area (Å²) >= 11 is 0. The van der Waals surface area contributed by atoms with Crippen molar-refractivity contribution in [3.05, 3.63) is 77.6 Å². The van der Waals surface area contributed by atoms with E-state index in [1.54, 1.807) is 10.9 Å². The van der Waals surface area contributed by atoms with Crippen LogP contribution in [0.4, 0.5) is 5.69 Å². The smallest absolute Gasteiger partial charge is 0.225 e.